The van der Waals surface area contributed by atoms with Crippen LogP contribution >= 0.6 is 0 Å². The molecule has 0 aromatic carbocycles. The molecule has 1 aromatic heterocycles. The summed E-state index contributed by atoms with van der Waals surface area (Å²) in [6, 6.07) is 0. The van der Waals surface area contributed by atoms with Gasteiger partial charge in [0.1, 0.15) is 0 Å². The number of tetrazole rings is 1. The molecule has 2 rings (SSSR count). The van der Waals surface area contributed by atoms with Crippen LogP contribution < -0.4 is 0 Å². The quantitative estimate of drug-likeness (QED) is 0.829. The first-order valence-corrected chi connectivity index (χ1v) is 7.45. The van der Waals surface area contributed by atoms with Crippen molar-refractivity contribution in [3.8, 4) is 0 Å². The third-order valence-electron chi connectivity index (χ3n) is 2.97. The Bertz CT molecular complexity index is 444. The van der Waals surface area contributed by atoms with Crippen molar-refractivity contribution < 1.29 is 8.42 Å². The van der Waals surface area contributed by atoms with Gasteiger partial charge >= 0.3 is 0 Å². The van der Waals surface area contributed by atoms with Crippen molar-refractivity contribution in [2.75, 3.05) is 18.8 Å². The molecule has 2 heterocycles. The van der Waals surface area contributed by atoms with E-state index in [-0.39, 0.29) is 11.7 Å². The van der Waals surface area contributed by atoms with E-state index in [2.05, 4.69) is 20.6 Å². The Morgan fingerprint density at radius 1 is 1.53 bits per heavy atom. The molecular weight excluding hydrogens is 242 g/mol. The largest absolute Gasteiger partial charge is 0.214 e. The highest BCUT2D eigenvalue weighted by molar-refractivity contribution is 7.89. The van der Waals surface area contributed by atoms with E-state index in [1.807, 2.05) is 6.92 Å². The highest BCUT2D eigenvalue weighted by atomic mass is 32.2. The van der Waals surface area contributed by atoms with Crippen molar-refractivity contribution in [2.24, 2.45) is 0 Å². The summed E-state index contributed by atoms with van der Waals surface area (Å²) in [5.74, 6) is 0.891. The Morgan fingerprint density at radius 2 is 2.35 bits per heavy atom. The normalized spacial score (nSPS) is 22.8. The summed E-state index contributed by atoms with van der Waals surface area (Å²) in [7, 11) is -3.11. The maximum atomic E-state index is 12.0. The summed E-state index contributed by atoms with van der Waals surface area (Å²) >= 11 is 0. The molecule has 0 radical (unpaired) electrons. The lowest BCUT2D eigenvalue weighted by Gasteiger charge is -2.30. The smallest absolute Gasteiger partial charge is 0.212 e. The third kappa shape index (κ3) is 2.81. The van der Waals surface area contributed by atoms with Gasteiger partial charge in [0.2, 0.25) is 10.0 Å². The van der Waals surface area contributed by atoms with Gasteiger partial charge in [0, 0.05) is 19.0 Å². The Labute approximate surface area is 101 Å². The molecule has 1 atom stereocenters. The zero-order valence-electron chi connectivity index (χ0n) is 9.83. The van der Waals surface area contributed by atoms with Gasteiger partial charge in [0.15, 0.2) is 5.82 Å². The lowest BCUT2D eigenvalue weighted by molar-refractivity contribution is 0.309. The second kappa shape index (κ2) is 5.09. The van der Waals surface area contributed by atoms with Crippen LogP contribution in [0.2, 0.25) is 0 Å². The topological polar surface area (TPSA) is 91.8 Å². The number of piperidine rings is 1. The average molecular weight is 259 g/mol. The first-order chi connectivity index (χ1) is 8.13. The molecule has 1 fully saturated rings. The van der Waals surface area contributed by atoms with Crippen LogP contribution in [0.3, 0.4) is 0 Å². The number of aromatic amines is 1. The van der Waals surface area contributed by atoms with E-state index in [1.54, 1.807) is 4.31 Å². The van der Waals surface area contributed by atoms with Crippen molar-refractivity contribution in [2.45, 2.75) is 32.1 Å². The maximum absolute atomic E-state index is 12.0. The monoisotopic (exact) mass is 259 g/mol. The van der Waals surface area contributed by atoms with Crippen LogP contribution in [-0.2, 0) is 10.0 Å². The minimum atomic E-state index is -3.11. The van der Waals surface area contributed by atoms with Crippen molar-refractivity contribution in [3.63, 3.8) is 0 Å². The summed E-state index contributed by atoms with van der Waals surface area (Å²) in [5, 5.41) is 13.8. The predicted molar refractivity (Wildman–Crippen MR) is 61.8 cm³/mol. The van der Waals surface area contributed by atoms with Crippen LogP contribution in [0.15, 0.2) is 0 Å². The number of nitrogens with zero attached hydrogens (tertiary/aromatic N) is 4. The zero-order valence-corrected chi connectivity index (χ0v) is 10.7. The highest BCUT2D eigenvalue weighted by Gasteiger charge is 2.30. The van der Waals surface area contributed by atoms with Gasteiger partial charge < -0.3 is 0 Å². The van der Waals surface area contributed by atoms with Gasteiger partial charge in [-0.1, -0.05) is 12.1 Å². The van der Waals surface area contributed by atoms with Crippen LogP contribution in [0.1, 0.15) is 37.9 Å². The summed E-state index contributed by atoms with van der Waals surface area (Å²) in [6.45, 7) is 2.96. The van der Waals surface area contributed by atoms with E-state index >= 15 is 0 Å². The SMILES string of the molecule is CCCS(=O)(=O)N1CCCC(c2nn[nH]n2)C1. The van der Waals surface area contributed by atoms with Gasteiger partial charge in [-0.25, -0.2) is 12.7 Å². The first kappa shape index (κ1) is 12.4. The van der Waals surface area contributed by atoms with E-state index < -0.39 is 10.0 Å². The molecule has 0 saturated carbocycles. The number of aromatic nitrogens is 4. The van der Waals surface area contributed by atoms with E-state index in [4.69, 9.17) is 0 Å². The van der Waals surface area contributed by atoms with Crippen LogP contribution in [0.4, 0.5) is 0 Å². The Hall–Kier alpha value is -1.02. The highest BCUT2D eigenvalue weighted by Crippen LogP contribution is 2.25. The Kier molecular flexibility index (Phi) is 3.72. The number of hydrogen-bond acceptors (Lipinski definition) is 5. The Morgan fingerprint density at radius 3 is 3.00 bits per heavy atom. The summed E-state index contributed by atoms with van der Waals surface area (Å²) in [6.07, 6.45) is 2.41. The van der Waals surface area contributed by atoms with Gasteiger partial charge in [-0.3, -0.25) is 0 Å². The molecule has 1 aliphatic heterocycles. The van der Waals surface area contributed by atoms with Gasteiger partial charge in [-0.2, -0.15) is 5.21 Å². The fraction of sp³-hybridized carbons (Fsp3) is 0.889. The minimum Gasteiger partial charge on any atom is -0.212 e. The molecule has 0 aliphatic carbocycles. The van der Waals surface area contributed by atoms with E-state index in [0.29, 0.717) is 25.3 Å². The number of rotatable bonds is 4. The second-order valence-electron chi connectivity index (χ2n) is 4.28. The Balaban J connectivity index is 2.07. The van der Waals surface area contributed by atoms with Crippen LogP contribution in [0.25, 0.3) is 0 Å². The number of H-pyrrole nitrogens is 1. The maximum Gasteiger partial charge on any atom is 0.214 e. The lowest BCUT2D eigenvalue weighted by Crippen LogP contribution is -2.40. The van der Waals surface area contributed by atoms with E-state index in [0.717, 1.165) is 12.8 Å². The van der Waals surface area contributed by atoms with Crippen LogP contribution in [0, 0.1) is 0 Å². The molecular formula is C9H17N5O2S. The molecule has 0 amide bonds. The standard InChI is InChI=1S/C9H17N5O2S/c1-2-6-17(15,16)14-5-3-4-8(7-14)9-10-12-13-11-9/h8H,2-7H2,1H3,(H,10,11,12,13). The number of nitrogens with one attached hydrogen (secondary N) is 1. The molecule has 0 spiro atoms. The van der Waals surface area contributed by atoms with Crippen molar-refractivity contribution in [1.82, 2.24) is 24.9 Å². The molecule has 0 bridgehead atoms. The third-order valence-corrected chi connectivity index (χ3v) is 5.01. The van der Waals surface area contributed by atoms with Crippen molar-refractivity contribution in [3.05, 3.63) is 5.82 Å². The number of hydrogen-bond donors (Lipinski definition) is 1. The molecule has 1 unspecified atom stereocenters. The summed E-state index contributed by atoms with van der Waals surface area (Å²) < 4.78 is 25.5. The van der Waals surface area contributed by atoms with Crippen LogP contribution in [-0.4, -0.2) is 52.2 Å². The summed E-state index contributed by atoms with van der Waals surface area (Å²) in [5.41, 5.74) is 0. The molecule has 1 N–H and O–H groups in total. The van der Waals surface area contributed by atoms with Crippen molar-refractivity contribution >= 4 is 10.0 Å². The average Bonchev–Trinajstić information content (AvgIpc) is 2.82. The molecule has 8 heteroatoms. The van der Waals surface area contributed by atoms with Gasteiger partial charge in [-0.05, 0) is 19.3 Å². The second-order valence-corrected chi connectivity index (χ2v) is 6.37. The molecule has 96 valence electrons. The molecule has 1 aliphatic rings. The molecule has 1 aromatic rings. The van der Waals surface area contributed by atoms with Crippen molar-refractivity contribution in [1.29, 1.82) is 0 Å². The summed E-state index contributed by atoms with van der Waals surface area (Å²) in [4.78, 5) is 0. The van der Waals surface area contributed by atoms with Gasteiger partial charge in [0.25, 0.3) is 0 Å². The number of sulfonamides is 1. The lowest BCUT2D eigenvalue weighted by atomic mass is 9.99. The predicted octanol–water partition coefficient (Wildman–Crippen LogP) is 0.119. The van der Waals surface area contributed by atoms with E-state index in [1.165, 1.54) is 0 Å². The fourth-order valence-electron chi connectivity index (χ4n) is 2.14. The molecule has 17 heavy (non-hydrogen) atoms. The van der Waals surface area contributed by atoms with Gasteiger partial charge in [-0.15, -0.1) is 10.2 Å². The molecule has 7 nitrogen and oxygen atoms in total. The molecule has 1 saturated heterocycles. The minimum absolute atomic E-state index is 0.0640. The van der Waals surface area contributed by atoms with E-state index in [9.17, 15) is 8.42 Å². The zero-order chi connectivity index (χ0) is 12.3. The van der Waals surface area contributed by atoms with Gasteiger partial charge in [0.05, 0.1) is 5.75 Å². The fourth-order valence-corrected chi connectivity index (χ4v) is 3.72. The van der Waals surface area contributed by atoms with Crippen LogP contribution in [0.5, 0.6) is 0 Å². The first-order valence-electron chi connectivity index (χ1n) is 5.84.